The molecule has 1 aliphatic heterocycles. The summed E-state index contributed by atoms with van der Waals surface area (Å²) in [4.78, 5) is 10.8. The minimum Gasteiger partial charge on any atom is -0.480 e. The monoisotopic (exact) mass is 241 g/mol. The minimum atomic E-state index is -0.839. The molecule has 0 saturated carbocycles. The number of hydrogen-bond acceptors (Lipinski definition) is 3. The van der Waals surface area contributed by atoms with Gasteiger partial charge in [0.05, 0.1) is 5.37 Å². The van der Waals surface area contributed by atoms with Gasteiger partial charge in [-0.2, -0.15) is 0 Å². The lowest BCUT2D eigenvalue weighted by molar-refractivity contribution is -0.138. The number of aliphatic carboxylic acids is 1. The number of carboxylic acids is 1. The molecular formula is C11H12FNO2S. The third-order valence-electron chi connectivity index (χ3n) is 2.56. The summed E-state index contributed by atoms with van der Waals surface area (Å²) < 4.78 is 13.1. The number of hydrogen-bond donors (Lipinski definition) is 2. The van der Waals surface area contributed by atoms with Gasteiger partial charge in [-0.15, -0.1) is 11.8 Å². The van der Waals surface area contributed by atoms with Crippen LogP contribution in [0.15, 0.2) is 18.2 Å². The molecule has 1 aromatic rings. The normalized spacial score (nSPS) is 24.6. The predicted molar refractivity (Wildman–Crippen MR) is 60.9 cm³/mol. The largest absolute Gasteiger partial charge is 0.480 e. The summed E-state index contributed by atoms with van der Waals surface area (Å²) in [6, 6.07) is 4.35. The topological polar surface area (TPSA) is 49.3 Å². The summed E-state index contributed by atoms with van der Waals surface area (Å²) >= 11 is 1.53. The number of halogens is 1. The minimum absolute atomic E-state index is 0.0552. The van der Waals surface area contributed by atoms with Crippen LogP contribution in [-0.2, 0) is 4.79 Å². The van der Waals surface area contributed by atoms with Crippen LogP contribution < -0.4 is 5.32 Å². The molecular weight excluding hydrogens is 229 g/mol. The fourth-order valence-corrected chi connectivity index (χ4v) is 2.86. The van der Waals surface area contributed by atoms with Gasteiger partial charge in [0.25, 0.3) is 0 Å². The average molecular weight is 241 g/mol. The van der Waals surface area contributed by atoms with E-state index in [0.29, 0.717) is 11.3 Å². The second-order valence-corrected chi connectivity index (χ2v) is 4.92. The number of carbonyl (C=O) groups is 1. The van der Waals surface area contributed by atoms with Crippen molar-refractivity contribution in [3.05, 3.63) is 35.1 Å². The van der Waals surface area contributed by atoms with Crippen molar-refractivity contribution < 1.29 is 14.3 Å². The number of aryl methyl sites for hydroxylation is 1. The van der Waals surface area contributed by atoms with Crippen LogP contribution in [0.4, 0.5) is 4.39 Å². The highest BCUT2D eigenvalue weighted by Gasteiger charge is 2.30. The smallest absolute Gasteiger partial charge is 0.321 e. The van der Waals surface area contributed by atoms with E-state index < -0.39 is 12.0 Å². The SMILES string of the molecule is Cc1cc(C2N[C@@H](C(=O)O)CS2)ccc1F. The Morgan fingerprint density at radius 2 is 2.38 bits per heavy atom. The third-order valence-corrected chi connectivity index (χ3v) is 3.83. The van der Waals surface area contributed by atoms with Gasteiger partial charge < -0.3 is 5.11 Å². The molecule has 1 aromatic carbocycles. The second kappa shape index (κ2) is 4.43. The molecule has 1 unspecified atom stereocenters. The van der Waals surface area contributed by atoms with Crippen LogP contribution in [0.5, 0.6) is 0 Å². The quantitative estimate of drug-likeness (QED) is 0.830. The lowest BCUT2D eigenvalue weighted by Gasteiger charge is -2.12. The Labute approximate surface area is 97.0 Å². The zero-order valence-electron chi connectivity index (χ0n) is 8.74. The van der Waals surface area contributed by atoms with Crippen molar-refractivity contribution in [2.75, 3.05) is 5.75 Å². The van der Waals surface area contributed by atoms with E-state index in [1.54, 1.807) is 19.1 Å². The molecule has 1 aliphatic rings. The van der Waals surface area contributed by atoms with E-state index in [-0.39, 0.29) is 11.2 Å². The Morgan fingerprint density at radius 1 is 1.62 bits per heavy atom. The van der Waals surface area contributed by atoms with Gasteiger partial charge in [-0.1, -0.05) is 12.1 Å². The highest BCUT2D eigenvalue weighted by Crippen LogP contribution is 2.33. The van der Waals surface area contributed by atoms with Crippen molar-refractivity contribution in [2.45, 2.75) is 18.3 Å². The van der Waals surface area contributed by atoms with Crippen molar-refractivity contribution in [1.29, 1.82) is 0 Å². The van der Waals surface area contributed by atoms with E-state index in [9.17, 15) is 9.18 Å². The summed E-state index contributed by atoms with van der Waals surface area (Å²) in [6.45, 7) is 1.70. The Bertz CT molecular complexity index is 424. The lowest BCUT2D eigenvalue weighted by atomic mass is 10.1. The summed E-state index contributed by atoms with van der Waals surface area (Å²) in [7, 11) is 0. The van der Waals surface area contributed by atoms with E-state index in [1.165, 1.54) is 17.8 Å². The maximum absolute atomic E-state index is 13.1. The van der Waals surface area contributed by atoms with E-state index in [0.717, 1.165) is 5.56 Å². The molecule has 2 atom stereocenters. The fraction of sp³-hybridized carbons (Fsp3) is 0.364. The molecule has 2 N–H and O–H groups in total. The van der Waals surface area contributed by atoms with Gasteiger partial charge >= 0.3 is 5.97 Å². The van der Waals surface area contributed by atoms with Crippen LogP contribution >= 0.6 is 11.8 Å². The average Bonchev–Trinajstić information content (AvgIpc) is 2.71. The Balaban J connectivity index is 2.14. The number of benzene rings is 1. The first-order chi connectivity index (χ1) is 7.58. The molecule has 2 rings (SSSR count). The first-order valence-electron chi connectivity index (χ1n) is 4.94. The lowest BCUT2D eigenvalue weighted by Crippen LogP contribution is -2.33. The summed E-state index contributed by atoms with van der Waals surface area (Å²) in [5, 5.41) is 11.8. The molecule has 0 aromatic heterocycles. The van der Waals surface area contributed by atoms with E-state index in [4.69, 9.17) is 5.11 Å². The molecule has 5 heteroatoms. The number of carboxylic acid groups (broad SMARTS) is 1. The van der Waals surface area contributed by atoms with Gasteiger partial charge in [-0.3, -0.25) is 10.1 Å². The molecule has 0 aliphatic carbocycles. The Hall–Kier alpha value is -1.07. The molecule has 1 fully saturated rings. The Morgan fingerprint density at radius 3 is 2.94 bits per heavy atom. The van der Waals surface area contributed by atoms with Crippen LogP contribution in [0.25, 0.3) is 0 Å². The van der Waals surface area contributed by atoms with Crippen LogP contribution in [-0.4, -0.2) is 22.9 Å². The fourth-order valence-electron chi connectivity index (χ4n) is 1.64. The van der Waals surface area contributed by atoms with Crippen molar-refractivity contribution in [2.24, 2.45) is 0 Å². The second-order valence-electron chi connectivity index (χ2n) is 3.78. The molecule has 1 heterocycles. The molecule has 0 radical (unpaired) electrons. The van der Waals surface area contributed by atoms with Gasteiger partial charge in [-0.25, -0.2) is 4.39 Å². The first-order valence-corrected chi connectivity index (χ1v) is 5.99. The number of rotatable bonds is 2. The molecule has 0 bridgehead atoms. The zero-order valence-corrected chi connectivity index (χ0v) is 9.55. The molecule has 1 saturated heterocycles. The summed E-state index contributed by atoms with van der Waals surface area (Å²) in [5.74, 6) is -0.536. The van der Waals surface area contributed by atoms with Gasteiger partial charge in [0.15, 0.2) is 0 Å². The predicted octanol–water partition coefficient (Wildman–Crippen LogP) is 1.92. The van der Waals surface area contributed by atoms with Gasteiger partial charge in [0.2, 0.25) is 0 Å². The van der Waals surface area contributed by atoms with Crippen molar-refractivity contribution in [3.8, 4) is 0 Å². The van der Waals surface area contributed by atoms with Gasteiger partial charge in [-0.05, 0) is 24.1 Å². The number of thioether (sulfide) groups is 1. The molecule has 86 valence electrons. The standard InChI is InChI=1S/C11H12FNO2S/c1-6-4-7(2-3-8(6)12)10-13-9(5-16-10)11(14)15/h2-4,9-10,13H,5H2,1H3,(H,14,15)/t9-,10?/m1/s1. The van der Waals surface area contributed by atoms with Gasteiger partial charge in [0.1, 0.15) is 11.9 Å². The van der Waals surface area contributed by atoms with Crippen LogP contribution in [0.3, 0.4) is 0 Å². The van der Waals surface area contributed by atoms with E-state index in [2.05, 4.69) is 5.32 Å². The van der Waals surface area contributed by atoms with Crippen LogP contribution in [0, 0.1) is 12.7 Å². The maximum atomic E-state index is 13.1. The highest BCUT2D eigenvalue weighted by molar-refractivity contribution is 7.99. The zero-order chi connectivity index (χ0) is 11.7. The van der Waals surface area contributed by atoms with Crippen molar-refractivity contribution in [3.63, 3.8) is 0 Å². The first kappa shape index (κ1) is 11.4. The van der Waals surface area contributed by atoms with Crippen molar-refractivity contribution >= 4 is 17.7 Å². The third kappa shape index (κ3) is 2.20. The summed E-state index contributed by atoms with van der Waals surface area (Å²) in [5.41, 5.74) is 1.51. The molecule has 3 nitrogen and oxygen atoms in total. The highest BCUT2D eigenvalue weighted by atomic mass is 32.2. The van der Waals surface area contributed by atoms with Crippen LogP contribution in [0.2, 0.25) is 0 Å². The molecule has 0 amide bonds. The summed E-state index contributed by atoms with van der Waals surface area (Å²) in [6.07, 6.45) is 0. The maximum Gasteiger partial charge on any atom is 0.321 e. The Kier molecular flexibility index (Phi) is 3.16. The van der Waals surface area contributed by atoms with E-state index in [1.807, 2.05) is 0 Å². The molecule has 0 spiro atoms. The van der Waals surface area contributed by atoms with Gasteiger partial charge in [0, 0.05) is 5.75 Å². The van der Waals surface area contributed by atoms with Crippen molar-refractivity contribution in [1.82, 2.24) is 5.32 Å². The van der Waals surface area contributed by atoms with Crippen LogP contribution in [0.1, 0.15) is 16.5 Å². The van der Waals surface area contributed by atoms with E-state index >= 15 is 0 Å². The molecule has 16 heavy (non-hydrogen) atoms. The number of nitrogens with one attached hydrogen (secondary N) is 1.